The molecule has 1 fully saturated rings. The lowest BCUT2D eigenvalue weighted by Crippen LogP contribution is -2.49. The molecule has 8 nitrogen and oxygen atoms in total. The first-order chi connectivity index (χ1) is 16.9. The van der Waals surface area contributed by atoms with Gasteiger partial charge in [0.15, 0.2) is 5.82 Å². The Labute approximate surface area is 204 Å². The van der Waals surface area contributed by atoms with Crippen molar-refractivity contribution < 1.29 is 14.7 Å². The molecule has 0 spiro atoms. The normalized spacial score (nSPS) is 16.2. The predicted molar refractivity (Wildman–Crippen MR) is 137 cm³/mol. The molecule has 0 radical (unpaired) electrons. The van der Waals surface area contributed by atoms with E-state index in [1.165, 1.54) is 10.9 Å². The van der Waals surface area contributed by atoms with Crippen molar-refractivity contribution >= 4 is 33.9 Å². The molecule has 1 unspecified atom stereocenters. The lowest BCUT2D eigenvalue weighted by atomic mass is 10.0. The smallest absolute Gasteiger partial charge is 0.404 e. The number of rotatable bonds is 5. The van der Waals surface area contributed by atoms with Gasteiger partial charge in [-0.2, -0.15) is 0 Å². The first kappa shape index (κ1) is 23.0. The fourth-order valence-corrected chi connectivity index (χ4v) is 5.44. The van der Waals surface area contributed by atoms with E-state index in [1.54, 1.807) is 4.90 Å². The SMILES string of the molecule is CCc1cc(C(=O)N2CCCC(NC(=O)O)C2)cc2nc(-c3cc4ccccc4n3CC)n(C)c12. The third-order valence-corrected chi connectivity index (χ3v) is 7.07. The molecule has 1 aliphatic rings. The molecule has 5 rings (SSSR count). The standard InChI is InChI=1S/C27H31N5O3/c1-4-17-13-19(26(33)31-12-8-10-20(16-31)28-27(34)35)14-21-24(17)30(3)25(29-21)23-15-18-9-6-7-11-22(18)32(23)5-2/h6-7,9,11,13-15,20,28H,4-5,8,10,12,16H2,1-3H3,(H,34,35). The fraction of sp³-hybridized carbons (Fsp3) is 0.370. The van der Waals surface area contributed by atoms with Crippen LogP contribution in [0, 0.1) is 0 Å². The van der Waals surface area contributed by atoms with Crippen LogP contribution < -0.4 is 5.32 Å². The maximum atomic E-state index is 13.4. The Balaban J connectivity index is 1.56. The molecule has 2 aromatic carbocycles. The molecule has 2 aromatic heterocycles. The molecule has 182 valence electrons. The van der Waals surface area contributed by atoms with Gasteiger partial charge < -0.3 is 24.5 Å². The number of piperidine rings is 1. The van der Waals surface area contributed by atoms with Crippen molar-refractivity contribution in [3.8, 4) is 11.5 Å². The lowest BCUT2D eigenvalue weighted by Gasteiger charge is -2.32. The number of carbonyl (C=O) groups is 2. The molecule has 3 heterocycles. The van der Waals surface area contributed by atoms with Gasteiger partial charge in [0, 0.05) is 49.2 Å². The third-order valence-electron chi connectivity index (χ3n) is 7.07. The molecule has 2 N–H and O–H groups in total. The van der Waals surface area contributed by atoms with Gasteiger partial charge >= 0.3 is 6.09 Å². The average Bonchev–Trinajstić information content (AvgIpc) is 3.39. The summed E-state index contributed by atoms with van der Waals surface area (Å²) in [4.78, 5) is 31.3. The van der Waals surface area contributed by atoms with Crippen LogP contribution in [-0.4, -0.2) is 55.3 Å². The van der Waals surface area contributed by atoms with Gasteiger partial charge in [0.25, 0.3) is 5.91 Å². The van der Waals surface area contributed by atoms with Crippen molar-refractivity contribution in [3.63, 3.8) is 0 Å². The van der Waals surface area contributed by atoms with Crippen LogP contribution in [0.2, 0.25) is 0 Å². The number of para-hydroxylation sites is 1. The van der Waals surface area contributed by atoms with Gasteiger partial charge in [-0.15, -0.1) is 0 Å². The van der Waals surface area contributed by atoms with Gasteiger partial charge in [-0.1, -0.05) is 25.1 Å². The number of fused-ring (bicyclic) bond motifs is 2. The van der Waals surface area contributed by atoms with Crippen LogP contribution in [0.3, 0.4) is 0 Å². The van der Waals surface area contributed by atoms with Crippen LogP contribution in [0.1, 0.15) is 42.6 Å². The zero-order chi connectivity index (χ0) is 24.7. The van der Waals surface area contributed by atoms with E-state index in [9.17, 15) is 9.59 Å². The van der Waals surface area contributed by atoms with Gasteiger partial charge in [0.05, 0.1) is 16.7 Å². The number of benzene rings is 2. The maximum absolute atomic E-state index is 13.4. The molecule has 8 heteroatoms. The van der Waals surface area contributed by atoms with Gasteiger partial charge in [-0.05, 0) is 56.0 Å². The molecule has 1 saturated heterocycles. The van der Waals surface area contributed by atoms with E-state index in [1.807, 2.05) is 25.2 Å². The Hall–Kier alpha value is -3.81. The Bertz CT molecular complexity index is 1430. The second-order valence-electron chi connectivity index (χ2n) is 9.22. The Kier molecular flexibility index (Phi) is 5.96. The van der Waals surface area contributed by atoms with E-state index in [0.717, 1.165) is 53.9 Å². The minimum atomic E-state index is -1.05. The number of amides is 2. The number of nitrogens with zero attached hydrogens (tertiary/aromatic N) is 4. The van der Waals surface area contributed by atoms with Crippen LogP contribution in [-0.2, 0) is 20.0 Å². The van der Waals surface area contributed by atoms with Crippen molar-refractivity contribution in [1.82, 2.24) is 24.3 Å². The average molecular weight is 474 g/mol. The molecule has 0 saturated carbocycles. The van der Waals surface area contributed by atoms with Crippen LogP contribution in [0.15, 0.2) is 42.5 Å². The third kappa shape index (κ3) is 4.03. The topological polar surface area (TPSA) is 92.4 Å². The molecular weight excluding hydrogens is 442 g/mol. The van der Waals surface area contributed by atoms with Crippen molar-refractivity contribution in [1.29, 1.82) is 0 Å². The molecule has 1 atom stereocenters. The number of imidazole rings is 1. The van der Waals surface area contributed by atoms with Gasteiger partial charge in [0.2, 0.25) is 0 Å². The fourth-order valence-electron chi connectivity index (χ4n) is 5.44. The second-order valence-corrected chi connectivity index (χ2v) is 9.22. The van der Waals surface area contributed by atoms with E-state index < -0.39 is 6.09 Å². The first-order valence-corrected chi connectivity index (χ1v) is 12.3. The molecule has 0 aliphatic carbocycles. The lowest BCUT2D eigenvalue weighted by molar-refractivity contribution is 0.0692. The maximum Gasteiger partial charge on any atom is 0.404 e. The predicted octanol–water partition coefficient (Wildman–Crippen LogP) is 4.65. The summed E-state index contributed by atoms with van der Waals surface area (Å²) in [5.74, 6) is 0.800. The Morgan fingerprint density at radius 3 is 2.71 bits per heavy atom. The number of aromatic nitrogens is 3. The number of carbonyl (C=O) groups excluding carboxylic acids is 1. The molecule has 2 amide bonds. The number of carboxylic acid groups (broad SMARTS) is 1. The number of aryl methyl sites for hydroxylation is 3. The van der Waals surface area contributed by atoms with E-state index in [-0.39, 0.29) is 11.9 Å². The summed E-state index contributed by atoms with van der Waals surface area (Å²) < 4.78 is 4.41. The number of hydrogen-bond acceptors (Lipinski definition) is 3. The Morgan fingerprint density at radius 2 is 1.97 bits per heavy atom. The minimum Gasteiger partial charge on any atom is -0.465 e. The van der Waals surface area contributed by atoms with Crippen LogP contribution >= 0.6 is 0 Å². The van der Waals surface area contributed by atoms with Crippen LogP contribution in [0.5, 0.6) is 0 Å². The van der Waals surface area contributed by atoms with Crippen LogP contribution in [0.4, 0.5) is 4.79 Å². The van der Waals surface area contributed by atoms with Gasteiger partial charge in [-0.25, -0.2) is 9.78 Å². The zero-order valence-corrected chi connectivity index (χ0v) is 20.4. The highest BCUT2D eigenvalue weighted by molar-refractivity contribution is 5.99. The monoisotopic (exact) mass is 473 g/mol. The Morgan fingerprint density at radius 1 is 1.17 bits per heavy atom. The molecule has 0 bridgehead atoms. The van der Waals surface area contributed by atoms with E-state index in [2.05, 4.69) is 52.6 Å². The molecular formula is C27H31N5O3. The zero-order valence-electron chi connectivity index (χ0n) is 20.4. The van der Waals surface area contributed by atoms with E-state index in [4.69, 9.17) is 10.1 Å². The minimum absolute atomic E-state index is 0.0756. The largest absolute Gasteiger partial charge is 0.465 e. The summed E-state index contributed by atoms with van der Waals surface area (Å²) in [6.07, 6.45) is 1.24. The molecule has 4 aromatic rings. The summed E-state index contributed by atoms with van der Waals surface area (Å²) in [5.41, 5.74) is 5.75. The van der Waals surface area contributed by atoms with Crippen molar-refractivity contribution in [2.45, 2.75) is 45.7 Å². The highest BCUT2D eigenvalue weighted by Crippen LogP contribution is 2.32. The number of hydrogen-bond donors (Lipinski definition) is 2. The van der Waals surface area contributed by atoms with E-state index in [0.29, 0.717) is 18.7 Å². The second kappa shape index (κ2) is 9.09. The van der Waals surface area contributed by atoms with Gasteiger partial charge in [-0.3, -0.25) is 4.79 Å². The molecule has 35 heavy (non-hydrogen) atoms. The summed E-state index contributed by atoms with van der Waals surface area (Å²) >= 11 is 0. The summed E-state index contributed by atoms with van der Waals surface area (Å²) in [5, 5.41) is 12.8. The van der Waals surface area contributed by atoms with Crippen molar-refractivity contribution in [2.24, 2.45) is 7.05 Å². The van der Waals surface area contributed by atoms with Gasteiger partial charge in [0.1, 0.15) is 0 Å². The van der Waals surface area contributed by atoms with Crippen LogP contribution in [0.25, 0.3) is 33.5 Å². The number of likely N-dealkylation sites (tertiary alicyclic amines) is 1. The summed E-state index contributed by atoms with van der Waals surface area (Å²) in [7, 11) is 2.04. The quantitative estimate of drug-likeness (QED) is 0.441. The highest BCUT2D eigenvalue weighted by Gasteiger charge is 2.27. The first-order valence-electron chi connectivity index (χ1n) is 12.3. The summed E-state index contributed by atoms with van der Waals surface area (Å²) in [6.45, 7) is 6.07. The molecule has 1 aliphatic heterocycles. The highest BCUT2D eigenvalue weighted by atomic mass is 16.4. The number of nitrogens with one attached hydrogen (secondary N) is 1. The van der Waals surface area contributed by atoms with E-state index >= 15 is 0 Å². The van der Waals surface area contributed by atoms with Crippen molar-refractivity contribution in [2.75, 3.05) is 13.1 Å². The summed E-state index contributed by atoms with van der Waals surface area (Å²) in [6, 6.07) is 14.1. The van der Waals surface area contributed by atoms with Crippen molar-refractivity contribution in [3.05, 3.63) is 53.6 Å².